The molecule has 10 rings (SSSR count). The van der Waals surface area contributed by atoms with Crippen LogP contribution in [0.5, 0.6) is 0 Å². The minimum Gasteiger partial charge on any atom is -0.459 e. The first-order chi connectivity index (χ1) is 37.9. The topological polar surface area (TPSA) is 217 Å². The summed E-state index contributed by atoms with van der Waals surface area (Å²) in [5.74, 6) is 0.612. The Labute approximate surface area is 496 Å². The van der Waals surface area contributed by atoms with Crippen molar-refractivity contribution in [1.82, 2.24) is 9.80 Å². The molecule has 4 heterocycles. The Bertz CT molecular complexity index is 2870. The summed E-state index contributed by atoms with van der Waals surface area (Å²) in [5.41, 5.74) is 6.81. The smallest absolute Gasteiger partial charge is 0.329 e. The van der Waals surface area contributed by atoms with Crippen molar-refractivity contribution < 1.29 is 50.3 Å². The first kappa shape index (κ1) is 65.4. The molecule has 4 saturated carbocycles. The van der Waals surface area contributed by atoms with Crippen molar-refractivity contribution in [2.75, 3.05) is 24.6 Å². The van der Waals surface area contributed by atoms with E-state index < -0.39 is 48.6 Å². The first-order valence-corrected chi connectivity index (χ1v) is 33.7. The first-order valence-electron chi connectivity index (χ1n) is 30.2. The van der Waals surface area contributed by atoms with E-state index in [1.54, 1.807) is 11.0 Å². The Morgan fingerprint density at radius 3 is 1.45 bits per heavy atom. The van der Waals surface area contributed by atoms with E-state index in [9.17, 15) is 40.8 Å². The van der Waals surface area contributed by atoms with Gasteiger partial charge in [0.25, 0.3) is 0 Å². The quantitative estimate of drug-likeness (QED) is 0.100. The highest BCUT2D eigenvalue weighted by atomic mass is 35.5. The summed E-state index contributed by atoms with van der Waals surface area (Å²) in [6.45, 7) is 22.5. The van der Waals surface area contributed by atoms with E-state index >= 15 is 0 Å². The number of fused-ring (bicyclic) bond motifs is 2. The number of carbonyl (C=O) groups is 4. The minimum absolute atomic E-state index is 0. The van der Waals surface area contributed by atoms with Crippen molar-refractivity contribution >= 4 is 61.9 Å². The number of amides is 2. The fraction of sp³-hybridized carbons (Fsp3) is 0.734. The SMILES string of the molecule is CC(C)(C)[C@H](CCCC1([C@@H]2CCS2(=O)=O)CCCCC1)C(=O)N1C[C@H]2[C@@H]([C@H]1C(=O)OCc1ccccc1)C2(C)C.CC(C)(C)[C@H](N)C(=O)N1C[C@H]2[C@@H]([C@H]1C(=O)OCc1ccccc1)C2(C)C.Cl.O=C=NC1([C@@H]2CCS2(=O)=O)CCCCC1. The lowest BCUT2D eigenvalue weighted by atomic mass is 9.66. The molecule has 4 saturated heterocycles. The van der Waals surface area contributed by atoms with Crippen LogP contribution < -0.4 is 5.73 Å². The Balaban J connectivity index is 0.000000197. The summed E-state index contributed by atoms with van der Waals surface area (Å²) in [4.78, 5) is 71.4. The third-order valence-corrected chi connectivity index (χ3v) is 25.7. The van der Waals surface area contributed by atoms with Gasteiger partial charge >= 0.3 is 11.9 Å². The van der Waals surface area contributed by atoms with Crippen LogP contribution in [0, 0.1) is 56.7 Å². The van der Waals surface area contributed by atoms with Crippen LogP contribution in [0.25, 0.3) is 0 Å². The van der Waals surface area contributed by atoms with Crippen molar-refractivity contribution in [2.45, 2.75) is 213 Å². The number of ether oxygens (including phenoxy) is 2. The van der Waals surface area contributed by atoms with Crippen molar-refractivity contribution in [2.24, 2.45) is 67.4 Å². The summed E-state index contributed by atoms with van der Waals surface area (Å²) >= 11 is 0. The van der Waals surface area contributed by atoms with Gasteiger partial charge in [0.2, 0.25) is 17.9 Å². The number of nitrogens with zero attached hydrogens (tertiary/aromatic N) is 3. The number of carbonyl (C=O) groups excluding carboxylic acids is 5. The maximum absolute atomic E-state index is 14.2. The van der Waals surface area contributed by atoms with Gasteiger partial charge in [-0.25, -0.2) is 31.2 Å². The molecular weight excluding hydrogens is 1100 g/mol. The van der Waals surface area contributed by atoms with Crippen LogP contribution in [-0.2, 0) is 66.3 Å². The van der Waals surface area contributed by atoms with Crippen LogP contribution in [0.2, 0.25) is 0 Å². The van der Waals surface area contributed by atoms with Gasteiger partial charge in [-0.3, -0.25) is 9.59 Å². The maximum atomic E-state index is 14.2. The Hall–Kier alpha value is -4.15. The predicted octanol–water partition coefficient (Wildman–Crippen LogP) is 10.4. The summed E-state index contributed by atoms with van der Waals surface area (Å²) in [5, 5.41) is -0.604. The van der Waals surface area contributed by atoms with E-state index in [2.05, 4.69) is 53.5 Å². The van der Waals surface area contributed by atoms with Crippen LogP contribution in [0.1, 0.15) is 177 Å². The number of benzene rings is 2. The molecule has 4 aliphatic heterocycles. The molecule has 8 aliphatic rings. The highest BCUT2D eigenvalue weighted by Gasteiger charge is 2.71. The third kappa shape index (κ3) is 13.6. The average Bonchev–Trinajstić information content (AvgIpc) is 2.00. The molecule has 15 nitrogen and oxygen atoms in total. The largest absolute Gasteiger partial charge is 0.459 e. The lowest BCUT2D eigenvalue weighted by molar-refractivity contribution is -0.159. The van der Waals surface area contributed by atoms with Crippen molar-refractivity contribution in [3.05, 3.63) is 71.8 Å². The van der Waals surface area contributed by atoms with Gasteiger partial charge in [-0.05, 0) is 101 Å². The third-order valence-electron chi connectivity index (χ3n) is 20.9. The molecule has 456 valence electrons. The van der Waals surface area contributed by atoms with Crippen molar-refractivity contribution in [1.29, 1.82) is 0 Å². The Kier molecular flexibility index (Phi) is 20.0. The molecule has 2 amide bonds. The number of nitrogens with two attached hydrogens (primary N) is 1. The van der Waals surface area contributed by atoms with E-state index in [-0.39, 0.29) is 105 Å². The Morgan fingerprint density at radius 2 is 1.07 bits per heavy atom. The van der Waals surface area contributed by atoms with Gasteiger partial charge in [-0.2, -0.15) is 4.99 Å². The highest BCUT2D eigenvalue weighted by molar-refractivity contribution is 7.93. The Morgan fingerprint density at radius 1 is 0.646 bits per heavy atom. The van der Waals surface area contributed by atoms with Gasteiger partial charge in [-0.1, -0.05) is 175 Å². The van der Waals surface area contributed by atoms with Crippen molar-refractivity contribution in [3.63, 3.8) is 0 Å². The van der Waals surface area contributed by atoms with Crippen LogP contribution in [0.4, 0.5) is 0 Å². The number of hydrogen-bond acceptors (Lipinski definition) is 13. The average molecular weight is 1200 g/mol. The molecule has 18 heteroatoms. The molecule has 2 N–H and O–H groups in total. The molecule has 0 radical (unpaired) electrons. The van der Waals surface area contributed by atoms with Gasteiger partial charge in [0.1, 0.15) is 25.3 Å². The lowest BCUT2D eigenvalue weighted by Gasteiger charge is -2.47. The lowest BCUT2D eigenvalue weighted by Crippen LogP contribution is -2.55. The van der Waals surface area contributed by atoms with Crippen LogP contribution >= 0.6 is 12.4 Å². The number of rotatable bonds is 15. The summed E-state index contributed by atoms with van der Waals surface area (Å²) in [6.07, 6.45) is 15.4. The molecule has 10 atom stereocenters. The number of piperidine rings is 2. The van der Waals surface area contributed by atoms with E-state index in [1.165, 1.54) is 6.42 Å². The molecule has 0 aromatic heterocycles. The van der Waals surface area contributed by atoms with Crippen LogP contribution in [0.15, 0.2) is 65.7 Å². The number of aliphatic imine (C=N–C) groups is 1. The zero-order chi connectivity index (χ0) is 59.1. The minimum atomic E-state index is -2.98. The number of isocyanates is 1. The number of esters is 2. The molecule has 8 fully saturated rings. The standard InChI is InChI=1S/C33H49NO5S.C21H30N2O3.C10H15NO3S.ClH/c1-31(2,3)24(15-12-19-33(17-10-7-11-18-33)26-16-20-40(26,37)38)29(35)34-21-25-27(32(25,4)5)28(34)30(36)39-22-23-13-8-6-9-14-23;1-20(2,3)17(22)18(24)23-11-14-15(21(14,4)5)16(23)19(25)26-12-13-9-7-6-8-10-13;12-8-11-10(5-2-1-3-6-10)9-4-7-15(9,13)14;/h6,8-9,13-14,24-28H,7,10-12,15-22H2,1-5H3;6-10,14-17H,11-12,22H2,1-5H3;9H,1-7H2;1H/t24-,25+,26+,27+,28+;14-,15-,16-,17+;9-;/m100./s1. The monoisotopic (exact) mass is 1190 g/mol. The molecule has 0 spiro atoms. The molecule has 2 aromatic carbocycles. The van der Waals surface area contributed by atoms with E-state index in [0.29, 0.717) is 37.1 Å². The molecule has 82 heavy (non-hydrogen) atoms. The predicted molar refractivity (Wildman–Crippen MR) is 320 cm³/mol. The molecule has 0 bridgehead atoms. The summed E-state index contributed by atoms with van der Waals surface area (Å²) < 4.78 is 60.0. The zero-order valence-corrected chi connectivity index (χ0v) is 53.0. The summed E-state index contributed by atoms with van der Waals surface area (Å²) in [6, 6.07) is 17.6. The second-order valence-corrected chi connectivity index (χ2v) is 33.3. The van der Waals surface area contributed by atoms with Crippen molar-refractivity contribution in [3.8, 4) is 0 Å². The number of likely N-dealkylation sites (tertiary alicyclic amines) is 2. The molecule has 2 aromatic rings. The fourth-order valence-electron chi connectivity index (χ4n) is 15.4. The summed E-state index contributed by atoms with van der Waals surface area (Å²) in [7, 11) is -5.95. The molecule has 0 unspecified atom stereocenters. The van der Waals surface area contributed by atoms with Gasteiger partial charge < -0.3 is 25.0 Å². The number of sulfone groups is 2. The van der Waals surface area contributed by atoms with Gasteiger partial charge in [-0.15, -0.1) is 12.4 Å². The number of halogens is 1. The highest BCUT2D eigenvalue weighted by Crippen LogP contribution is 2.66. The maximum Gasteiger partial charge on any atom is 0.329 e. The fourth-order valence-corrected chi connectivity index (χ4v) is 19.2. The van der Waals surface area contributed by atoms with Gasteiger partial charge in [0, 0.05) is 30.8 Å². The normalized spacial score (nSPS) is 29.6. The van der Waals surface area contributed by atoms with Gasteiger partial charge in [0.15, 0.2) is 19.7 Å². The molecular formula is C64H95ClN4O11S2. The second-order valence-electron chi connectivity index (χ2n) is 28.7. The number of hydrogen-bond donors (Lipinski definition) is 1. The van der Waals surface area contributed by atoms with Crippen LogP contribution in [0.3, 0.4) is 0 Å². The van der Waals surface area contributed by atoms with E-state index in [1.807, 2.05) is 86.3 Å². The van der Waals surface area contributed by atoms with E-state index in [4.69, 9.17) is 15.2 Å². The zero-order valence-electron chi connectivity index (χ0n) is 50.5. The van der Waals surface area contributed by atoms with E-state index in [0.717, 1.165) is 94.6 Å². The molecule has 4 aliphatic carbocycles. The van der Waals surface area contributed by atoms with Gasteiger partial charge in [0.05, 0.1) is 33.6 Å². The second kappa shape index (κ2) is 25.1. The van der Waals surface area contributed by atoms with Crippen LogP contribution in [-0.4, -0.2) is 115 Å².